The van der Waals surface area contributed by atoms with E-state index in [9.17, 15) is 9.59 Å². The number of fused-ring (bicyclic) bond motifs is 1. The van der Waals surface area contributed by atoms with Crippen molar-refractivity contribution in [2.75, 3.05) is 13.6 Å². The van der Waals surface area contributed by atoms with Gasteiger partial charge in [0, 0.05) is 19.9 Å². The topological polar surface area (TPSA) is 70.5 Å². The SMILES string of the molecule is CN(CC(=O)O)C(=O)CCc1nc2c(Cl)c(Cl)ccc2s1. The third-order valence-corrected chi connectivity index (χ3v) is 4.72. The number of likely N-dealkylation sites (N-methyl/N-ethyl adjacent to an activating group) is 1. The number of thiazole rings is 1. The zero-order chi connectivity index (χ0) is 15.6. The van der Waals surface area contributed by atoms with Crippen LogP contribution in [-0.2, 0) is 16.0 Å². The number of carboxylic acids is 1. The van der Waals surface area contributed by atoms with Crippen molar-refractivity contribution in [2.24, 2.45) is 0 Å². The van der Waals surface area contributed by atoms with E-state index < -0.39 is 5.97 Å². The molecule has 0 aliphatic carbocycles. The quantitative estimate of drug-likeness (QED) is 0.902. The number of aryl methyl sites for hydroxylation is 1. The van der Waals surface area contributed by atoms with Gasteiger partial charge >= 0.3 is 5.97 Å². The molecule has 0 unspecified atom stereocenters. The van der Waals surface area contributed by atoms with E-state index in [1.54, 1.807) is 6.07 Å². The molecule has 1 amide bonds. The lowest BCUT2D eigenvalue weighted by Gasteiger charge is -2.13. The number of carbonyl (C=O) groups excluding carboxylic acids is 1. The molecule has 0 fully saturated rings. The van der Waals surface area contributed by atoms with Gasteiger partial charge in [0.05, 0.1) is 19.8 Å². The van der Waals surface area contributed by atoms with E-state index in [4.69, 9.17) is 28.3 Å². The molecule has 0 spiro atoms. The summed E-state index contributed by atoms with van der Waals surface area (Å²) in [5, 5.41) is 10.3. The predicted molar refractivity (Wildman–Crippen MR) is 83.2 cm³/mol. The van der Waals surface area contributed by atoms with Crippen LogP contribution >= 0.6 is 34.5 Å². The lowest BCUT2D eigenvalue weighted by atomic mass is 10.3. The number of aliphatic carboxylic acids is 1. The number of nitrogens with zero attached hydrogens (tertiary/aromatic N) is 2. The predicted octanol–water partition coefficient (Wildman–Crippen LogP) is 3.08. The Morgan fingerprint density at radius 3 is 2.76 bits per heavy atom. The average molecular weight is 347 g/mol. The fourth-order valence-corrected chi connectivity index (χ4v) is 3.18. The third-order valence-electron chi connectivity index (χ3n) is 2.85. The van der Waals surface area contributed by atoms with Crippen molar-refractivity contribution < 1.29 is 14.7 Å². The molecule has 8 heteroatoms. The zero-order valence-corrected chi connectivity index (χ0v) is 13.4. The minimum atomic E-state index is -1.03. The summed E-state index contributed by atoms with van der Waals surface area (Å²) in [6.45, 7) is -0.305. The summed E-state index contributed by atoms with van der Waals surface area (Å²) in [5.41, 5.74) is 0.635. The monoisotopic (exact) mass is 346 g/mol. The average Bonchev–Trinajstić information content (AvgIpc) is 2.83. The van der Waals surface area contributed by atoms with Gasteiger partial charge in [-0.1, -0.05) is 23.2 Å². The Balaban J connectivity index is 2.05. The number of carbonyl (C=O) groups is 2. The van der Waals surface area contributed by atoms with Crippen LogP contribution in [0.25, 0.3) is 10.2 Å². The molecule has 21 heavy (non-hydrogen) atoms. The maximum Gasteiger partial charge on any atom is 0.323 e. The summed E-state index contributed by atoms with van der Waals surface area (Å²) >= 11 is 13.5. The second-order valence-electron chi connectivity index (χ2n) is 4.46. The summed E-state index contributed by atoms with van der Waals surface area (Å²) in [4.78, 5) is 27.9. The van der Waals surface area contributed by atoms with Crippen LogP contribution in [0.4, 0.5) is 0 Å². The van der Waals surface area contributed by atoms with Crippen LogP contribution in [0.15, 0.2) is 12.1 Å². The van der Waals surface area contributed by atoms with E-state index in [1.807, 2.05) is 6.07 Å². The lowest BCUT2D eigenvalue weighted by molar-refractivity contribution is -0.143. The summed E-state index contributed by atoms with van der Waals surface area (Å²) in [7, 11) is 1.46. The summed E-state index contributed by atoms with van der Waals surface area (Å²) in [6, 6.07) is 3.54. The van der Waals surface area contributed by atoms with Crippen LogP contribution < -0.4 is 0 Å². The van der Waals surface area contributed by atoms with Gasteiger partial charge in [-0.15, -0.1) is 11.3 Å². The summed E-state index contributed by atoms with van der Waals surface area (Å²) in [5.74, 6) is -1.27. The molecule has 5 nitrogen and oxygen atoms in total. The number of rotatable bonds is 5. The second kappa shape index (κ2) is 6.60. The van der Waals surface area contributed by atoms with Crippen LogP contribution in [0.2, 0.25) is 10.0 Å². The van der Waals surface area contributed by atoms with Gasteiger partial charge < -0.3 is 10.0 Å². The Labute approximate surface area is 135 Å². The van der Waals surface area contributed by atoms with Crippen LogP contribution in [0.3, 0.4) is 0 Å². The van der Waals surface area contributed by atoms with E-state index in [-0.39, 0.29) is 18.9 Å². The molecule has 1 N–H and O–H groups in total. The molecular weight excluding hydrogens is 335 g/mol. The first kappa shape index (κ1) is 16.0. The molecule has 0 aliphatic heterocycles. The molecule has 0 aliphatic rings. The Hall–Kier alpha value is -1.37. The van der Waals surface area contributed by atoms with Crippen LogP contribution in [0, 0.1) is 0 Å². The molecular formula is C13H12Cl2N2O3S. The molecule has 0 atom stereocenters. The van der Waals surface area contributed by atoms with Crippen molar-refractivity contribution in [1.29, 1.82) is 0 Å². The van der Waals surface area contributed by atoms with E-state index >= 15 is 0 Å². The fraction of sp³-hybridized carbons (Fsp3) is 0.308. The fourth-order valence-electron chi connectivity index (χ4n) is 1.79. The van der Waals surface area contributed by atoms with Crippen molar-refractivity contribution in [3.05, 3.63) is 27.2 Å². The zero-order valence-electron chi connectivity index (χ0n) is 11.1. The number of hydrogen-bond acceptors (Lipinski definition) is 4. The first-order chi connectivity index (χ1) is 9.88. The Kier molecular flexibility index (Phi) is 5.03. The highest BCUT2D eigenvalue weighted by molar-refractivity contribution is 7.18. The van der Waals surface area contributed by atoms with E-state index in [0.29, 0.717) is 22.0 Å². The largest absolute Gasteiger partial charge is 0.480 e. The van der Waals surface area contributed by atoms with Crippen molar-refractivity contribution in [1.82, 2.24) is 9.88 Å². The minimum Gasteiger partial charge on any atom is -0.480 e. The molecule has 0 saturated heterocycles. The van der Waals surface area contributed by atoms with Gasteiger partial charge in [0.2, 0.25) is 5.91 Å². The van der Waals surface area contributed by atoms with Crippen LogP contribution in [-0.4, -0.2) is 40.5 Å². The molecule has 1 aromatic carbocycles. The molecule has 2 aromatic rings. The highest BCUT2D eigenvalue weighted by Crippen LogP contribution is 2.33. The maximum absolute atomic E-state index is 11.8. The van der Waals surface area contributed by atoms with Crippen molar-refractivity contribution in [2.45, 2.75) is 12.8 Å². The first-order valence-corrected chi connectivity index (χ1v) is 7.65. The standard InChI is InChI=1S/C13H12Cl2N2O3S/c1-17(6-11(19)20)10(18)5-4-9-16-13-8(21-9)3-2-7(14)12(13)15/h2-3H,4-6H2,1H3,(H,19,20). The molecule has 2 rings (SSSR count). The van der Waals surface area contributed by atoms with E-state index in [1.165, 1.54) is 23.3 Å². The smallest absolute Gasteiger partial charge is 0.323 e. The number of amides is 1. The summed E-state index contributed by atoms with van der Waals surface area (Å²) in [6.07, 6.45) is 0.644. The van der Waals surface area contributed by atoms with Gasteiger partial charge in [0.1, 0.15) is 12.1 Å². The highest BCUT2D eigenvalue weighted by atomic mass is 35.5. The summed E-state index contributed by atoms with van der Waals surface area (Å²) < 4.78 is 0.908. The normalized spacial score (nSPS) is 10.8. The van der Waals surface area contributed by atoms with Crippen molar-refractivity contribution >= 4 is 56.6 Å². The highest BCUT2D eigenvalue weighted by Gasteiger charge is 2.14. The van der Waals surface area contributed by atoms with Crippen molar-refractivity contribution in [3.63, 3.8) is 0 Å². The van der Waals surface area contributed by atoms with Gasteiger partial charge in [-0.05, 0) is 12.1 Å². The molecule has 0 radical (unpaired) electrons. The third kappa shape index (κ3) is 3.84. The van der Waals surface area contributed by atoms with Crippen LogP contribution in [0.5, 0.6) is 0 Å². The van der Waals surface area contributed by atoms with Gasteiger partial charge in [-0.25, -0.2) is 4.98 Å². The van der Waals surface area contributed by atoms with Crippen molar-refractivity contribution in [3.8, 4) is 0 Å². The van der Waals surface area contributed by atoms with Gasteiger partial charge in [0.25, 0.3) is 0 Å². The lowest BCUT2D eigenvalue weighted by Crippen LogP contribution is -2.32. The first-order valence-electron chi connectivity index (χ1n) is 6.07. The van der Waals surface area contributed by atoms with Gasteiger partial charge in [-0.2, -0.15) is 0 Å². The molecule has 0 bridgehead atoms. The molecule has 1 heterocycles. The molecule has 112 valence electrons. The Morgan fingerprint density at radius 2 is 2.10 bits per heavy atom. The number of aromatic nitrogens is 1. The number of halogens is 2. The van der Waals surface area contributed by atoms with Crippen LogP contribution in [0.1, 0.15) is 11.4 Å². The second-order valence-corrected chi connectivity index (χ2v) is 6.36. The van der Waals surface area contributed by atoms with E-state index in [2.05, 4.69) is 4.98 Å². The number of benzene rings is 1. The maximum atomic E-state index is 11.8. The van der Waals surface area contributed by atoms with Gasteiger partial charge in [0.15, 0.2) is 0 Å². The number of hydrogen-bond donors (Lipinski definition) is 1. The Morgan fingerprint density at radius 1 is 1.38 bits per heavy atom. The Bertz CT molecular complexity index is 702. The van der Waals surface area contributed by atoms with Gasteiger partial charge in [-0.3, -0.25) is 9.59 Å². The minimum absolute atomic E-state index is 0.203. The molecule has 0 saturated carbocycles. The number of carboxylic acid groups (broad SMARTS) is 1. The van der Waals surface area contributed by atoms with E-state index in [0.717, 1.165) is 9.71 Å². The molecule has 1 aromatic heterocycles.